The maximum atomic E-state index is 12.4. The Bertz CT molecular complexity index is 993. The van der Waals surface area contributed by atoms with Crippen LogP contribution in [0.3, 0.4) is 0 Å². The molecule has 0 atom stereocenters. The average Bonchev–Trinajstić information content (AvgIpc) is 2.60. The Labute approximate surface area is 139 Å². The smallest absolute Gasteiger partial charge is 0.243 e. The van der Waals surface area contributed by atoms with E-state index in [1.165, 1.54) is 0 Å². The molecule has 24 heavy (non-hydrogen) atoms. The van der Waals surface area contributed by atoms with E-state index in [-0.39, 0.29) is 12.2 Å². The Morgan fingerprint density at radius 3 is 2.71 bits per heavy atom. The molecule has 0 fully saturated rings. The van der Waals surface area contributed by atoms with Crippen molar-refractivity contribution < 1.29 is 9.36 Å². The highest BCUT2D eigenvalue weighted by Gasteiger charge is 2.30. The molecule has 0 spiro atoms. The largest absolute Gasteiger partial charge is 0.401 e. The predicted octanol–water partition coefficient (Wildman–Crippen LogP) is 2.44. The van der Waals surface area contributed by atoms with Crippen LogP contribution in [-0.2, 0) is 0 Å². The number of aromatic nitrogens is 2. The minimum absolute atomic E-state index is 0.0470. The summed E-state index contributed by atoms with van der Waals surface area (Å²) >= 11 is 0. The van der Waals surface area contributed by atoms with Gasteiger partial charge in [0.15, 0.2) is 11.5 Å². The van der Waals surface area contributed by atoms with Crippen molar-refractivity contribution in [2.75, 3.05) is 12.4 Å². The third-order valence-corrected chi connectivity index (χ3v) is 4.19. The molecule has 3 aromatic rings. The van der Waals surface area contributed by atoms with Gasteiger partial charge in [-0.1, -0.05) is 18.2 Å². The molecule has 1 aromatic heterocycles. The van der Waals surface area contributed by atoms with Gasteiger partial charge in [0.25, 0.3) is 0 Å². The zero-order chi connectivity index (χ0) is 16.7. The lowest BCUT2D eigenvalue weighted by molar-refractivity contribution is -0.570. The molecule has 0 amide bonds. The standard InChI is InChI=1S/C19H16N4O/c1-21-13-7-8-15-16(11-13)23(14-5-3-2-4-6-14)17-9-12(20)10-18(24)19(17)22-15/h2-9,11H,10H2,1H3,(H2,20,21,24)/p+1. The van der Waals surface area contributed by atoms with Crippen molar-refractivity contribution in [3.8, 4) is 5.69 Å². The van der Waals surface area contributed by atoms with Gasteiger partial charge in [-0.25, -0.2) is 4.98 Å². The molecule has 1 aliphatic rings. The van der Waals surface area contributed by atoms with Gasteiger partial charge < -0.3 is 11.1 Å². The van der Waals surface area contributed by atoms with Gasteiger partial charge in [0, 0.05) is 42.7 Å². The number of rotatable bonds is 2. The van der Waals surface area contributed by atoms with Crippen molar-refractivity contribution in [1.82, 2.24) is 4.98 Å². The van der Waals surface area contributed by atoms with E-state index >= 15 is 0 Å². The minimum atomic E-state index is -0.0470. The molecule has 4 rings (SSSR count). The van der Waals surface area contributed by atoms with E-state index in [1.807, 2.05) is 66.2 Å². The van der Waals surface area contributed by atoms with E-state index in [4.69, 9.17) is 5.73 Å². The molecule has 1 aliphatic carbocycles. The highest BCUT2D eigenvalue weighted by Crippen LogP contribution is 2.24. The van der Waals surface area contributed by atoms with E-state index in [1.54, 1.807) is 0 Å². The molecule has 0 saturated carbocycles. The van der Waals surface area contributed by atoms with Crippen LogP contribution in [0.4, 0.5) is 5.69 Å². The third-order valence-electron chi connectivity index (χ3n) is 4.19. The number of benzene rings is 2. The van der Waals surface area contributed by atoms with Crippen LogP contribution < -0.4 is 15.6 Å². The van der Waals surface area contributed by atoms with E-state index in [9.17, 15) is 4.79 Å². The summed E-state index contributed by atoms with van der Waals surface area (Å²) < 4.78 is 2.04. The Kier molecular flexibility index (Phi) is 3.27. The van der Waals surface area contributed by atoms with Gasteiger partial charge in [-0.3, -0.25) is 4.79 Å². The Morgan fingerprint density at radius 1 is 1.17 bits per heavy atom. The van der Waals surface area contributed by atoms with Crippen molar-refractivity contribution in [1.29, 1.82) is 0 Å². The first-order chi connectivity index (χ1) is 11.7. The van der Waals surface area contributed by atoms with Gasteiger partial charge in [-0.05, 0) is 12.1 Å². The molecule has 3 N–H and O–H groups in total. The summed E-state index contributed by atoms with van der Waals surface area (Å²) in [6.07, 6.45) is 2.07. The topological polar surface area (TPSA) is 71.9 Å². The van der Waals surface area contributed by atoms with Gasteiger partial charge in [-0.2, -0.15) is 0 Å². The number of hydrogen-bond donors (Lipinski definition) is 2. The fourth-order valence-electron chi connectivity index (χ4n) is 3.06. The maximum Gasteiger partial charge on any atom is 0.243 e. The van der Waals surface area contributed by atoms with Crippen molar-refractivity contribution in [3.05, 3.63) is 65.6 Å². The van der Waals surface area contributed by atoms with Crippen molar-refractivity contribution >= 4 is 28.6 Å². The molecule has 0 saturated heterocycles. The number of fused-ring (bicyclic) bond motifs is 2. The van der Waals surface area contributed by atoms with Gasteiger partial charge in [-0.15, -0.1) is 4.57 Å². The SMILES string of the molecule is CNc1ccc2nc3c([n+](-c4ccccc4)c2c1)C=C(N)CC3=O. The van der Waals surface area contributed by atoms with Crippen LogP contribution in [0.1, 0.15) is 22.6 Å². The monoisotopic (exact) mass is 317 g/mol. The average molecular weight is 317 g/mol. The third kappa shape index (κ3) is 2.22. The Hall–Kier alpha value is -3.21. The second-order valence-corrected chi connectivity index (χ2v) is 5.79. The fraction of sp³-hybridized carbons (Fsp3) is 0.105. The molecule has 5 nitrogen and oxygen atoms in total. The molecule has 0 bridgehead atoms. The van der Waals surface area contributed by atoms with Crippen molar-refractivity contribution in [3.63, 3.8) is 0 Å². The van der Waals surface area contributed by atoms with Crippen LogP contribution in [0.5, 0.6) is 0 Å². The zero-order valence-corrected chi connectivity index (χ0v) is 13.3. The Morgan fingerprint density at radius 2 is 1.96 bits per heavy atom. The number of hydrogen-bond acceptors (Lipinski definition) is 4. The first kappa shape index (κ1) is 14.4. The number of nitrogens with zero attached hydrogens (tertiary/aromatic N) is 2. The number of para-hydroxylation sites is 1. The molecule has 0 aliphatic heterocycles. The molecular weight excluding hydrogens is 300 g/mol. The number of ketones is 1. The zero-order valence-electron chi connectivity index (χ0n) is 13.3. The normalized spacial score (nSPS) is 13.5. The van der Waals surface area contributed by atoms with Crippen LogP contribution in [-0.4, -0.2) is 17.8 Å². The fourth-order valence-corrected chi connectivity index (χ4v) is 3.06. The molecule has 118 valence electrons. The van der Waals surface area contributed by atoms with Gasteiger partial charge in [0.05, 0.1) is 6.42 Å². The maximum absolute atomic E-state index is 12.4. The second-order valence-electron chi connectivity index (χ2n) is 5.79. The summed E-state index contributed by atoms with van der Waals surface area (Å²) in [7, 11) is 1.88. The van der Waals surface area contributed by atoms with Crippen molar-refractivity contribution in [2.45, 2.75) is 6.42 Å². The van der Waals surface area contributed by atoms with Crippen LogP contribution in [0.15, 0.2) is 54.2 Å². The van der Waals surface area contributed by atoms with Gasteiger partial charge in [0.1, 0.15) is 5.52 Å². The molecule has 0 unspecified atom stereocenters. The summed E-state index contributed by atoms with van der Waals surface area (Å²) in [6, 6.07) is 15.8. The summed E-state index contributed by atoms with van der Waals surface area (Å²) in [5, 5.41) is 3.15. The Balaban J connectivity index is 2.16. The summed E-state index contributed by atoms with van der Waals surface area (Å²) in [5.74, 6) is -0.0470. The first-order valence-electron chi connectivity index (χ1n) is 7.79. The lowest BCUT2D eigenvalue weighted by Crippen LogP contribution is -2.39. The quantitative estimate of drug-likeness (QED) is 0.712. The van der Waals surface area contributed by atoms with Crippen LogP contribution in [0.2, 0.25) is 0 Å². The number of allylic oxidation sites excluding steroid dienone is 1. The van der Waals surface area contributed by atoms with Crippen LogP contribution >= 0.6 is 0 Å². The van der Waals surface area contributed by atoms with Crippen LogP contribution in [0.25, 0.3) is 22.8 Å². The van der Waals surface area contributed by atoms with Crippen molar-refractivity contribution in [2.24, 2.45) is 5.73 Å². The number of nitrogens with two attached hydrogens (primary N) is 1. The molecule has 5 heteroatoms. The molecular formula is C19H17N4O+. The highest BCUT2D eigenvalue weighted by atomic mass is 16.1. The molecule has 0 radical (unpaired) electrons. The number of carbonyl (C=O) groups is 1. The van der Waals surface area contributed by atoms with E-state index in [0.717, 1.165) is 28.1 Å². The highest BCUT2D eigenvalue weighted by molar-refractivity contribution is 6.02. The van der Waals surface area contributed by atoms with Crippen LogP contribution in [0, 0.1) is 0 Å². The van der Waals surface area contributed by atoms with E-state index in [0.29, 0.717) is 11.4 Å². The number of nitrogens with one attached hydrogen (secondary N) is 1. The minimum Gasteiger partial charge on any atom is -0.401 e. The van der Waals surface area contributed by atoms with E-state index < -0.39 is 0 Å². The first-order valence-corrected chi connectivity index (χ1v) is 7.79. The number of Topliss-reactive ketones (excluding diaryl/α,β-unsaturated/α-hetero) is 1. The number of carbonyl (C=O) groups excluding carboxylic acids is 1. The molecule has 2 aromatic carbocycles. The summed E-state index contributed by atoms with van der Waals surface area (Å²) in [4.78, 5) is 17.0. The predicted molar refractivity (Wildman–Crippen MR) is 93.9 cm³/mol. The lowest BCUT2D eigenvalue weighted by Gasteiger charge is -2.13. The second kappa shape index (κ2) is 5.45. The number of anilines is 1. The van der Waals surface area contributed by atoms with Gasteiger partial charge in [0.2, 0.25) is 16.9 Å². The van der Waals surface area contributed by atoms with E-state index in [2.05, 4.69) is 10.3 Å². The lowest BCUT2D eigenvalue weighted by atomic mass is 10.0. The van der Waals surface area contributed by atoms with Gasteiger partial charge >= 0.3 is 0 Å². The summed E-state index contributed by atoms with van der Waals surface area (Å²) in [6.45, 7) is 0. The molecule has 1 heterocycles. The summed E-state index contributed by atoms with van der Waals surface area (Å²) in [5.41, 5.74) is 11.4.